The maximum Gasteiger partial charge on any atom is 0.358 e. The normalized spacial score (nSPS) is 10.3. The minimum Gasteiger partial charge on any atom is -0.506 e. The second-order valence-corrected chi connectivity index (χ2v) is 3.83. The lowest BCUT2D eigenvalue weighted by Crippen LogP contribution is -2.13. The van der Waals surface area contributed by atoms with Gasteiger partial charge in [0.1, 0.15) is 5.75 Å². The van der Waals surface area contributed by atoms with Gasteiger partial charge in [-0.3, -0.25) is 0 Å². The van der Waals surface area contributed by atoms with Gasteiger partial charge in [-0.25, -0.2) is 9.78 Å². The van der Waals surface area contributed by atoms with Crippen LogP contribution in [-0.2, 0) is 4.74 Å². The molecule has 0 atom stereocenters. The van der Waals surface area contributed by atoms with Gasteiger partial charge in [0.05, 0.1) is 16.8 Å². The molecule has 1 aromatic heterocycles. The van der Waals surface area contributed by atoms with Crippen LogP contribution in [0.15, 0.2) is 16.7 Å². The van der Waals surface area contributed by atoms with Gasteiger partial charge in [0, 0.05) is 0 Å². The third kappa shape index (κ3) is 2.70. The number of aromatic nitrogens is 1. The molecule has 0 bridgehead atoms. The Morgan fingerprint density at radius 1 is 1.64 bits per heavy atom. The number of carbonyl (C=O) groups excluding carboxylic acids is 1. The number of aromatic hydroxyl groups is 1. The molecule has 0 saturated heterocycles. The monoisotopic (exact) mass is 259 g/mol. The molecule has 14 heavy (non-hydrogen) atoms. The quantitative estimate of drug-likeness (QED) is 0.827. The van der Waals surface area contributed by atoms with E-state index in [-0.39, 0.29) is 17.5 Å². The SMILES string of the molecule is CC(C)OC(=O)c1ncc(O)cc1Br. The molecule has 1 N–H and O–H groups in total. The van der Waals surface area contributed by atoms with Crippen LogP contribution in [0.3, 0.4) is 0 Å². The minimum atomic E-state index is -0.508. The van der Waals surface area contributed by atoms with Crippen molar-refractivity contribution in [2.45, 2.75) is 20.0 Å². The Morgan fingerprint density at radius 3 is 2.79 bits per heavy atom. The van der Waals surface area contributed by atoms with Crippen molar-refractivity contribution in [2.24, 2.45) is 0 Å². The van der Waals surface area contributed by atoms with E-state index in [1.54, 1.807) is 13.8 Å². The summed E-state index contributed by atoms with van der Waals surface area (Å²) < 4.78 is 5.36. The molecule has 0 saturated carbocycles. The summed E-state index contributed by atoms with van der Waals surface area (Å²) in [5.41, 5.74) is 0.163. The molecular formula is C9H10BrNO3. The molecule has 0 aromatic carbocycles. The van der Waals surface area contributed by atoms with E-state index in [9.17, 15) is 4.79 Å². The average molecular weight is 260 g/mol. The molecule has 1 heterocycles. The zero-order valence-electron chi connectivity index (χ0n) is 7.82. The van der Waals surface area contributed by atoms with Crippen LogP contribution >= 0.6 is 15.9 Å². The fourth-order valence-electron chi connectivity index (χ4n) is 0.848. The average Bonchev–Trinajstić information content (AvgIpc) is 2.01. The van der Waals surface area contributed by atoms with Crippen molar-refractivity contribution in [1.82, 2.24) is 4.98 Å². The van der Waals surface area contributed by atoms with Gasteiger partial charge in [0.2, 0.25) is 0 Å². The fourth-order valence-corrected chi connectivity index (χ4v) is 1.35. The van der Waals surface area contributed by atoms with E-state index >= 15 is 0 Å². The van der Waals surface area contributed by atoms with Crippen molar-refractivity contribution in [3.63, 3.8) is 0 Å². The van der Waals surface area contributed by atoms with E-state index in [1.165, 1.54) is 12.3 Å². The first-order chi connectivity index (χ1) is 6.50. The second kappa shape index (κ2) is 4.41. The molecule has 0 amide bonds. The second-order valence-electron chi connectivity index (χ2n) is 2.98. The molecule has 0 unspecified atom stereocenters. The van der Waals surface area contributed by atoms with E-state index < -0.39 is 5.97 Å². The number of pyridine rings is 1. The van der Waals surface area contributed by atoms with Gasteiger partial charge in [-0.05, 0) is 35.8 Å². The Hall–Kier alpha value is -1.10. The summed E-state index contributed by atoms with van der Waals surface area (Å²) in [6.07, 6.45) is 1.01. The number of hydrogen-bond acceptors (Lipinski definition) is 4. The van der Waals surface area contributed by atoms with Crippen LogP contribution in [-0.4, -0.2) is 22.2 Å². The summed E-state index contributed by atoms with van der Waals surface area (Å²) in [5, 5.41) is 9.06. The van der Waals surface area contributed by atoms with Crippen LogP contribution in [0.25, 0.3) is 0 Å². The van der Waals surface area contributed by atoms with Gasteiger partial charge in [0.25, 0.3) is 0 Å². The molecule has 0 aliphatic carbocycles. The minimum absolute atomic E-state index is 0.00188. The number of ether oxygens (including phenoxy) is 1. The Balaban J connectivity index is 2.90. The molecule has 5 heteroatoms. The van der Waals surface area contributed by atoms with Crippen molar-refractivity contribution < 1.29 is 14.6 Å². The maximum absolute atomic E-state index is 11.4. The first kappa shape index (κ1) is 11.0. The van der Waals surface area contributed by atoms with Crippen molar-refractivity contribution in [2.75, 3.05) is 0 Å². The lowest BCUT2D eigenvalue weighted by atomic mass is 10.3. The molecule has 1 aromatic rings. The van der Waals surface area contributed by atoms with E-state index in [2.05, 4.69) is 20.9 Å². The van der Waals surface area contributed by atoms with E-state index in [0.717, 1.165) is 0 Å². The zero-order chi connectivity index (χ0) is 10.7. The van der Waals surface area contributed by atoms with E-state index in [0.29, 0.717) is 4.47 Å². The van der Waals surface area contributed by atoms with Gasteiger partial charge >= 0.3 is 5.97 Å². The lowest BCUT2D eigenvalue weighted by Gasteiger charge is -2.08. The highest BCUT2D eigenvalue weighted by Gasteiger charge is 2.14. The highest BCUT2D eigenvalue weighted by molar-refractivity contribution is 9.10. The van der Waals surface area contributed by atoms with Gasteiger partial charge in [-0.15, -0.1) is 0 Å². The fraction of sp³-hybridized carbons (Fsp3) is 0.333. The summed E-state index contributed by atoms with van der Waals surface area (Å²) in [4.78, 5) is 15.2. The topological polar surface area (TPSA) is 59.4 Å². The smallest absolute Gasteiger partial charge is 0.358 e. The third-order valence-electron chi connectivity index (χ3n) is 1.36. The number of nitrogens with zero attached hydrogens (tertiary/aromatic N) is 1. The predicted molar refractivity (Wildman–Crippen MR) is 54.2 cm³/mol. The molecule has 1 rings (SSSR count). The maximum atomic E-state index is 11.4. The summed E-state index contributed by atoms with van der Waals surface area (Å²) in [7, 11) is 0. The standard InChI is InChI=1S/C9H10BrNO3/c1-5(2)14-9(13)8-7(10)3-6(12)4-11-8/h3-5,12H,1-2H3. The highest BCUT2D eigenvalue weighted by atomic mass is 79.9. The predicted octanol–water partition coefficient (Wildman–Crippen LogP) is 2.11. The van der Waals surface area contributed by atoms with Crippen molar-refractivity contribution in [3.05, 3.63) is 22.4 Å². The van der Waals surface area contributed by atoms with Crippen LogP contribution in [0.5, 0.6) is 5.75 Å². The first-order valence-electron chi connectivity index (χ1n) is 4.06. The molecule has 0 fully saturated rings. The van der Waals surface area contributed by atoms with E-state index in [1.807, 2.05) is 0 Å². The van der Waals surface area contributed by atoms with Gasteiger partial charge in [0.15, 0.2) is 5.69 Å². The molecule has 0 aliphatic rings. The molecule has 0 aliphatic heterocycles. The Bertz CT molecular complexity index is 352. The molecule has 0 radical (unpaired) electrons. The first-order valence-corrected chi connectivity index (χ1v) is 4.85. The summed E-state index contributed by atoms with van der Waals surface area (Å²) in [5.74, 6) is -0.509. The molecular weight excluding hydrogens is 250 g/mol. The summed E-state index contributed by atoms with van der Waals surface area (Å²) in [6.45, 7) is 3.51. The van der Waals surface area contributed by atoms with Crippen molar-refractivity contribution in [1.29, 1.82) is 0 Å². The third-order valence-corrected chi connectivity index (χ3v) is 1.97. The van der Waals surface area contributed by atoms with Crippen molar-refractivity contribution in [3.8, 4) is 5.75 Å². The zero-order valence-corrected chi connectivity index (χ0v) is 9.41. The van der Waals surface area contributed by atoms with Gasteiger partial charge in [-0.1, -0.05) is 0 Å². The van der Waals surface area contributed by atoms with Crippen molar-refractivity contribution >= 4 is 21.9 Å². The largest absolute Gasteiger partial charge is 0.506 e. The molecule has 76 valence electrons. The van der Waals surface area contributed by atoms with Crippen LogP contribution in [0.1, 0.15) is 24.3 Å². The van der Waals surface area contributed by atoms with E-state index in [4.69, 9.17) is 9.84 Å². The van der Waals surface area contributed by atoms with Crippen LogP contribution in [0.2, 0.25) is 0 Å². The van der Waals surface area contributed by atoms with Crippen LogP contribution in [0, 0.1) is 0 Å². The lowest BCUT2D eigenvalue weighted by molar-refractivity contribution is 0.0369. The summed E-state index contributed by atoms with van der Waals surface area (Å²) >= 11 is 3.11. The highest BCUT2D eigenvalue weighted by Crippen LogP contribution is 2.20. The summed E-state index contributed by atoms with van der Waals surface area (Å²) in [6, 6.07) is 1.39. The number of esters is 1. The number of hydrogen-bond donors (Lipinski definition) is 1. The Kier molecular flexibility index (Phi) is 3.46. The number of carbonyl (C=O) groups is 1. The molecule has 4 nitrogen and oxygen atoms in total. The van der Waals surface area contributed by atoms with Gasteiger partial charge in [-0.2, -0.15) is 0 Å². The molecule has 0 spiro atoms. The number of halogens is 1. The number of rotatable bonds is 2. The Labute approximate surface area is 90.0 Å². The Morgan fingerprint density at radius 2 is 2.29 bits per heavy atom. The van der Waals surface area contributed by atoms with Crippen LogP contribution in [0.4, 0.5) is 0 Å². The van der Waals surface area contributed by atoms with Crippen LogP contribution < -0.4 is 0 Å². The van der Waals surface area contributed by atoms with Gasteiger partial charge < -0.3 is 9.84 Å².